The highest BCUT2D eigenvalue weighted by molar-refractivity contribution is 8.13. The molecular formula is C11H15N3O3S. The van der Waals surface area contributed by atoms with E-state index in [2.05, 4.69) is 4.99 Å². The van der Waals surface area contributed by atoms with E-state index in [-0.39, 0.29) is 29.4 Å². The van der Waals surface area contributed by atoms with Gasteiger partial charge in [0.1, 0.15) is 6.54 Å². The molecule has 0 saturated carbocycles. The van der Waals surface area contributed by atoms with Crippen LogP contribution in [0.4, 0.5) is 0 Å². The minimum Gasteiger partial charge on any atom is -0.336 e. The average molecular weight is 269 g/mol. The third-order valence-corrected chi connectivity index (χ3v) is 3.95. The Hall–Kier alpha value is -1.37. The zero-order valence-corrected chi connectivity index (χ0v) is 11.2. The molecule has 1 atom stereocenters. The first-order chi connectivity index (χ1) is 8.47. The average Bonchev–Trinajstić information content (AvgIpc) is 2.79. The number of hydrogen-bond donors (Lipinski definition) is 0. The Morgan fingerprint density at radius 2 is 2.22 bits per heavy atom. The van der Waals surface area contributed by atoms with Crippen LogP contribution in [0.5, 0.6) is 0 Å². The first kappa shape index (κ1) is 13.1. The van der Waals surface area contributed by atoms with Crippen LogP contribution in [-0.2, 0) is 14.4 Å². The molecule has 0 radical (unpaired) electrons. The molecule has 1 fully saturated rings. The summed E-state index contributed by atoms with van der Waals surface area (Å²) >= 11 is 1.24. The Labute approximate surface area is 109 Å². The van der Waals surface area contributed by atoms with Crippen molar-refractivity contribution in [3.05, 3.63) is 0 Å². The molecule has 0 N–H and O–H groups in total. The largest absolute Gasteiger partial charge is 0.336 e. The topological polar surface area (TPSA) is 70.0 Å². The lowest BCUT2D eigenvalue weighted by molar-refractivity contribution is -0.124. The van der Waals surface area contributed by atoms with Crippen molar-refractivity contribution in [2.75, 3.05) is 25.9 Å². The molecular weight excluding hydrogens is 254 g/mol. The molecule has 0 aliphatic carbocycles. The number of carbonyl (C=O) groups excluding carboxylic acids is 3. The number of nitrogens with zero attached hydrogens (tertiary/aromatic N) is 3. The molecule has 98 valence electrons. The van der Waals surface area contributed by atoms with Crippen LogP contribution >= 0.6 is 11.8 Å². The molecule has 0 spiro atoms. The van der Waals surface area contributed by atoms with E-state index < -0.39 is 0 Å². The fourth-order valence-corrected chi connectivity index (χ4v) is 2.79. The molecule has 18 heavy (non-hydrogen) atoms. The molecule has 0 bridgehead atoms. The molecule has 2 heterocycles. The molecule has 0 aromatic carbocycles. The quantitative estimate of drug-likeness (QED) is 0.702. The van der Waals surface area contributed by atoms with Crippen LogP contribution in [0, 0.1) is 5.92 Å². The van der Waals surface area contributed by atoms with Gasteiger partial charge in [0.05, 0.1) is 0 Å². The Morgan fingerprint density at radius 1 is 1.50 bits per heavy atom. The lowest BCUT2D eigenvalue weighted by atomic mass is 10.1. The molecule has 2 rings (SSSR count). The maximum absolute atomic E-state index is 11.9. The van der Waals surface area contributed by atoms with Crippen molar-refractivity contribution >= 4 is 34.7 Å². The third kappa shape index (κ3) is 2.72. The van der Waals surface area contributed by atoms with Crippen LogP contribution < -0.4 is 0 Å². The third-order valence-electron chi connectivity index (χ3n) is 2.91. The Morgan fingerprint density at radius 3 is 2.78 bits per heavy atom. The van der Waals surface area contributed by atoms with E-state index in [0.717, 1.165) is 0 Å². The minimum atomic E-state index is -0.220. The van der Waals surface area contributed by atoms with Crippen molar-refractivity contribution in [3.8, 4) is 0 Å². The second-order valence-electron chi connectivity index (χ2n) is 4.54. The first-order valence-electron chi connectivity index (χ1n) is 5.73. The summed E-state index contributed by atoms with van der Waals surface area (Å²) in [6.45, 7) is 2.29. The second kappa shape index (κ2) is 5.09. The van der Waals surface area contributed by atoms with Crippen LogP contribution in [0.1, 0.15) is 13.3 Å². The van der Waals surface area contributed by atoms with E-state index >= 15 is 0 Å². The molecule has 7 heteroatoms. The van der Waals surface area contributed by atoms with Crippen LogP contribution in [0.2, 0.25) is 0 Å². The van der Waals surface area contributed by atoms with Crippen molar-refractivity contribution in [1.29, 1.82) is 0 Å². The molecule has 6 nitrogen and oxygen atoms in total. The molecule has 2 aliphatic rings. The maximum Gasteiger partial charge on any atom is 0.268 e. The van der Waals surface area contributed by atoms with E-state index in [1.54, 1.807) is 16.8 Å². The van der Waals surface area contributed by atoms with E-state index in [9.17, 15) is 14.4 Å². The van der Waals surface area contributed by atoms with Gasteiger partial charge in [-0.15, -0.1) is 0 Å². The normalized spacial score (nSPS) is 23.9. The van der Waals surface area contributed by atoms with Gasteiger partial charge in [-0.25, -0.2) is 0 Å². The summed E-state index contributed by atoms with van der Waals surface area (Å²) in [6.07, 6.45) is 0.418. The van der Waals surface area contributed by atoms with Gasteiger partial charge < -0.3 is 4.90 Å². The predicted molar refractivity (Wildman–Crippen MR) is 68.0 cm³/mol. The number of carbonyl (C=O) groups is 3. The fourth-order valence-electron chi connectivity index (χ4n) is 2.09. The number of likely N-dealkylation sites (N-methyl/N-ethyl adjacent to an activating group) is 1. The fraction of sp³-hybridized carbons (Fsp3) is 0.636. The molecule has 2 amide bonds. The monoisotopic (exact) mass is 269 g/mol. The van der Waals surface area contributed by atoms with Crippen molar-refractivity contribution in [1.82, 2.24) is 9.80 Å². The van der Waals surface area contributed by atoms with Crippen LogP contribution in [0.25, 0.3) is 0 Å². The second-order valence-corrected chi connectivity index (χ2v) is 5.74. The first-order valence-corrected chi connectivity index (χ1v) is 6.72. The van der Waals surface area contributed by atoms with Gasteiger partial charge in [0.2, 0.25) is 11.9 Å². The Bertz CT molecular complexity index is 435. The zero-order chi connectivity index (χ0) is 13.3. The zero-order valence-electron chi connectivity index (χ0n) is 10.4. The van der Waals surface area contributed by atoms with Crippen molar-refractivity contribution in [2.45, 2.75) is 13.3 Å². The summed E-state index contributed by atoms with van der Waals surface area (Å²) < 4.78 is 0. The highest BCUT2D eigenvalue weighted by Crippen LogP contribution is 2.24. The van der Waals surface area contributed by atoms with E-state index in [1.807, 2.05) is 0 Å². The standard InChI is InChI=1S/C11H15N3O3S/c1-7(15)18-6-8-3-10(17)14(4-8)11-12-9(16)5-13(11)2/h8H,3-6H2,1-2H3. The van der Waals surface area contributed by atoms with Crippen molar-refractivity contribution in [3.63, 3.8) is 0 Å². The van der Waals surface area contributed by atoms with Gasteiger partial charge in [0, 0.05) is 32.7 Å². The summed E-state index contributed by atoms with van der Waals surface area (Å²) in [7, 11) is 1.74. The smallest absolute Gasteiger partial charge is 0.268 e. The number of rotatable bonds is 2. The number of guanidine groups is 1. The van der Waals surface area contributed by atoms with Gasteiger partial charge in [-0.3, -0.25) is 19.3 Å². The summed E-state index contributed by atoms with van der Waals surface area (Å²) in [6, 6.07) is 0. The van der Waals surface area contributed by atoms with E-state index in [0.29, 0.717) is 24.7 Å². The van der Waals surface area contributed by atoms with E-state index in [1.165, 1.54) is 18.7 Å². The minimum absolute atomic E-state index is 0.0237. The Balaban J connectivity index is 1.99. The van der Waals surface area contributed by atoms with Crippen LogP contribution in [-0.4, -0.2) is 58.6 Å². The highest BCUT2D eigenvalue weighted by atomic mass is 32.2. The summed E-state index contributed by atoms with van der Waals surface area (Å²) in [5.41, 5.74) is 0. The van der Waals surface area contributed by atoms with Crippen LogP contribution in [0.15, 0.2) is 4.99 Å². The Kier molecular flexibility index (Phi) is 3.70. The maximum atomic E-state index is 11.9. The van der Waals surface area contributed by atoms with Gasteiger partial charge in [0.25, 0.3) is 5.91 Å². The SMILES string of the molecule is CC(=O)SCC1CC(=O)N(C2=NC(=O)CN2C)C1. The number of likely N-dealkylation sites (tertiary alicyclic amines) is 1. The summed E-state index contributed by atoms with van der Waals surface area (Å²) in [5.74, 6) is 0.993. The van der Waals surface area contributed by atoms with Crippen molar-refractivity contribution < 1.29 is 14.4 Å². The van der Waals surface area contributed by atoms with Gasteiger partial charge in [0.15, 0.2) is 5.12 Å². The van der Waals surface area contributed by atoms with E-state index in [4.69, 9.17) is 0 Å². The lowest BCUT2D eigenvalue weighted by Crippen LogP contribution is -2.41. The number of thioether (sulfide) groups is 1. The summed E-state index contributed by atoms with van der Waals surface area (Å²) in [5, 5.41) is 0.0615. The molecule has 0 aromatic heterocycles. The summed E-state index contributed by atoms with van der Waals surface area (Å²) in [4.78, 5) is 41.1. The van der Waals surface area contributed by atoms with Gasteiger partial charge in [-0.05, 0) is 5.92 Å². The number of hydrogen-bond acceptors (Lipinski definition) is 5. The van der Waals surface area contributed by atoms with Gasteiger partial charge >= 0.3 is 0 Å². The highest BCUT2D eigenvalue weighted by Gasteiger charge is 2.36. The molecule has 0 aromatic rings. The van der Waals surface area contributed by atoms with Crippen LogP contribution in [0.3, 0.4) is 0 Å². The number of aliphatic imine (C=N–C) groups is 1. The predicted octanol–water partition coefficient (Wildman–Crippen LogP) is -0.0574. The molecule has 1 saturated heterocycles. The lowest BCUT2D eigenvalue weighted by Gasteiger charge is -2.21. The van der Waals surface area contributed by atoms with Gasteiger partial charge in [-0.2, -0.15) is 4.99 Å². The van der Waals surface area contributed by atoms with Crippen molar-refractivity contribution in [2.24, 2.45) is 10.9 Å². The number of amides is 2. The molecule has 2 aliphatic heterocycles. The molecule has 1 unspecified atom stereocenters. The van der Waals surface area contributed by atoms with Gasteiger partial charge in [-0.1, -0.05) is 11.8 Å².